The van der Waals surface area contributed by atoms with Gasteiger partial charge in [0, 0.05) is 11.8 Å². The number of nitrogens with zero attached hydrogens (tertiary/aromatic N) is 1. The molecule has 7 nitrogen and oxygen atoms in total. The summed E-state index contributed by atoms with van der Waals surface area (Å²) in [5, 5.41) is 12.1. The van der Waals surface area contributed by atoms with Gasteiger partial charge in [0.15, 0.2) is 0 Å². The maximum Gasteiger partial charge on any atom is 0.311 e. The number of carbonyl (C=O) groups is 2. The van der Waals surface area contributed by atoms with Gasteiger partial charge in [0.25, 0.3) is 5.91 Å². The van der Waals surface area contributed by atoms with E-state index in [1.165, 1.54) is 18.5 Å². The van der Waals surface area contributed by atoms with Crippen molar-refractivity contribution in [1.82, 2.24) is 10.3 Å². The van der Waals surface area contributed by atoms with Crippen molar-refractivity contribution >= 4 is 35.1 Å². The van der Waals surface area contributed by atoms with Crippen LogP contribution in [0, 0.1) is 6.92 Å². The average Bonchev–Trinajstić information content (AvgIpc) is 2.85. The van der Waals surface area contributed by atoms with E-state index in [1.54, 1.807) is 6.92 Å². The molecule has 0 aliphatic carbocycles. The van der Waals surface area contributed by atoms with Gasteiger partial charge in [0.05, 0.1) is 23.4 Å². The molecule has 2 rings (SSSR count). The molecule has 0 bridgehead atoms. The number of ether oxygens (including phenoxy) is 1. The molecular formula is C15H14Cl2N2O5. The van der Waals surface area contributed by atoms with Crippen LogP contribution in [0.15, 0.2) is 22.9 Å². The summed E-state index contributed by atoms with van der Waals surface area (Å²) in [4.78, 5) is 26.9. The Kier molecular flexibility index (Phi) is 6.05. The smallest absolute Gasteiger partial charge is 0.311 e. The number of hydrogen-bond donors (Lipinski definition) is 2. The van der Waals surface area contributed by atoms with E-state index >= 15 is 0 Å². The molecule has 2 aromatic rings. The highest BCUT2D eigenvalue weighted by Gasteiger charge is 2.20. The van der Waals surface area contributed by atoms with E-state index in [0.717, 1.165) is 0 Å². The van der Waals surface area contributed by atoms with Crippen LogP contribution in [-0.2, 0) is 11.2 Å². The third kappa shape index (κ3) is 4.62. The minimum absolute atomic E-state index is 0.112. The minimum Gasteiger partial charge on any atom is -0.481 e. The number of amides is 1. The van der Waals surface area contributed by atoms with E-state index in [2.05, 4.69) is 10.3 Å². The van der Waals surface area contributed by atoms with Gasteiger partial charge in [-0.25, -0.2) is 4.98 Å². The van der Waals surface area contributed by atoms with Crippen molar-refractivity contribution in [2.75, 3.05) is 13.2 Å². The number of pyridine rings is 1. The highest BCUT2D eigenvalue weighted by atomic mass is 35.5. The Morgan fingerprint density at radius 1 is 1.42 bits per heavy atom. The first-order valence-corrected chi connectivity index (χ1v) is 7.65. The van der Waals surface area contributed by atoms with Gasteiger partial charge in [-0.15, -0.1) is 0 Å². The van der Waals surface area contributed by atoms with Gasteiger partial charge in [-0.3, -0.25) is 9.59 Å². The highest BCUT2D eigenvalue weighted by molar-refractivity contribution is 6.35. The summed E-state index contributed by atoms with van der Waals surface area (Å²) in [5.74, 6) is -1.19. The van der Waals surface area contributed by atoms with E-state index in [1.807, 2.05) is 0 Å². The molecular weight excluding hydrogens is 359 g/mol. The molecule has 0 saturated carbocycles. The molecule has 0 spiro atoms. The highest BCUT2D eigenvalue weighted by Crippen LogP contribution is 2.24. The summed E-state index contributed by atoms with van der Waals surface area (Å²) in [6, 6.07) is 1.50. The first-order valence-electron chi connectivity index (χ1n) is 6.89. The van der Waals surface area contributed by atoms with Crippen LogP contribution in [0.4, 0.5) is 0 Å². The number of aryl methyl sites for hydroxylation is 1. The number of aromatic nitrogens is 1. The number of carboxylic acids is 1. The fourth-order valence-corrected chi connectivity index (χ4v) is 2.41. The summed E-state index contributed by atoms with van der Waals surface area (Å²) in [7, 11) is 0. The number of hydrogen-bond acceptors (Lipinski definition) is 5. The normalized spacial score (nSPS) is 10.5. The number of carbonyl (C=O) groups excluding carboxylic acids is 1. The van der Waals surface area contributed by atoms with Crippen LogP contribution in [0.25, 0.3) is 0 Å². The molecule has 1 amide bonds. The zero-order chi connectivity index (χ0) is 17.7. The van der Waals surface area contributed by atoms with Crippen LogP contribution in [0.5, 0.6) is 5.88 Å². The van der Waals surface area contributed by atoms with Gasteiger partial charge in [0.2, 0.25) is 5.88 Å². The summed E-state index contributed by atoms with van der Waals surface area (Å²) >= 11 is 11.6. The SMILES string of the molecule is Cc1coc(CC(=O)O)c1C(=O)NCCOc1ncc(Cl)cc1Cl. The third-order valence-corrected chi connectivity index (χ3v) is 3.47. The van der Waals surface area contributed by atoms with Gasteiger partial charge < -0.3 is 19.6 Å². The first kappa shape index (κ1) is 18.1. The second-order valence-electron chi connectivity index (χ2n) is 4.83. The Labute approximate surface area is 147 Å². The Bertz CT molecular complexity index is 760. The van der Waals surface area contributed by atoms with E-state index in [0.29, 0.717) is 10.6 Å². The molecule has 2 N–H and O–H groups in total. The second-order valence-corrected chi connectivity index (χ2v) is 5.68. The molecule has 0 atom stereocenters. The van der Waals surface area contributed by atoms with Crippen LogP contribution in [0.1, 0.15) is 21.7 Å². The molecule has 0 saturated heterocycles. The van der Waals surface area contributed by atoms with E-state index in [4.69, 9.17) is 37.5 Å². The predicted molar refractivity (Wildman–Crippen MR) is 86.9 cm³/mol. The largest absolute Gasteiger partial charge is 0.481 e. The quantitative estimate of drug-likeness (QED) is 0.724. The minimum atomic E-state index is -1.08. The molecule has 128 valence electrons. The Morgan fingerprint density at radius 2 is 2.17 bits per heavy atom. The van der Waals surface area contributed by atoms with Gasteiger partial charge >= 0.3 is 5.97 Å². The van der Waals surface area contributed by atoms with Gasteiger partial charge in [-0.05, 0) is 13.0 Å². The number of nitrogens with one attached hydrogen (secondary N) is 1. The lowest BCUT2D eigenvalue weighted by molar-refractivity contribution is -0.136. The number of carboxylic acid groups (broad SMARTS) is 1. The Morgan fingerprint density at radius 3 is 2.83 bits per heavy atom. The zero-order valence-electron chi connectivity index (χ0n) is 12.6. The topological polar surface area (TPSA) is 102 Å². The molecule has 2 aromatic heterocycles. The van der Waals surface area contributed by atoms with Crippen LogP contribution in [0.2, 0.25) is 10.0 Å². The molecule has 24 heavy (non-hydrogen) atoms. The average molecular weight is 373 g/mol. The summed E-state index contributed by atoms with van der Waals surface area (Å²) < 4.78 is 10.5. The standard InChI is InChI=1S/C15H14Cl2N2O5/c1-8-7-24-11(5-12(20)21)13(8)14(22)18-2-3-23-15-10(17)4-9(16)6-19-15/h4,6-7H,2-3,5H2,1H3,(H,18,22)(H,20,21). The molecule has 0 fully saturated rings. The van der Waals surface area contributed by atoms with E-state index in [9.17, 15) is 9.59 Å². The predicted octanol–water partition coefficient (Wildman–Crippen LogP) is 2.73. The third-order valence-electron chi connectivity index (χ3n) is 2.99. The number of halogens is 2. The second kappa shape index (κ2) is 8.03. The Balaban J connectivity index is 1.89. The van der Waals surface area contributed by atoms with Gasteiger partial charge in [0.1, 0.15) is 23.8 Å². The van der Waals surface area contributed by atoms with E-state index < -0.39 is 11.9 Å². The van der Waals surface area contributed by atoms with Crippen molar-refractivity contribution in [2.45, 2.75) is 13.3 Å². The molecule has 0 aromatic carbocycles. The van der Waals surface area contributed by atoms with Crippen molar-refractivity contribution in [3.05, 3.63) is 45.5 Å². The van der Waals surface area contributed by atoms with Gasteiger partial charge in [-0.2, -0.15) is 0 Å². The van der Waals surface area contributed by atoms with Gasteiger partial charge in [-0.1, -0.05) is 23.2 Å². The Hall–Kier alpha value is -2.25. The molecule has 9 heteroatoms. The number of rotatable bonds is 7. The summed E-state index contributed by atoms with van der Waals surface area (Å²) in [6.07, 6.45) is 2.38. The van der Waals surface area contributed by atoms with Crippen molar-refractivity contribution in [3.8, 4) is 5.88 Å². The first-order chi connectivity index (χ1) is 11.4. The lowest BCUT2D eigenvalue weighted by Gasteiger charge is -2.08. The monoisotopic (exact) mass is 372 g/mol. The molecule has 2 heterocycles. The lowest BCUT2D eigenvalue weighted by atomic mass is 10.1. The summed E-state index contributed by atoms with van der Waals surface area (Å²) in [5.41, 5.74) is 0.784. The zero-order valence-corrected chi connectivity index (χ0v) is 14.1. The summed E-state index contributed by atoms with van der Waals surface area (Å²) in [6.45, 7) is 1.97. The fourth-order valence-electron chi connectivity index (χ4n) is 1.98. The van der Waals surface area contributed by atoms with Crippen LogP contribution < -0.4 is 10.1 Å². The van der Waals surface area contributed by atoms with Crippen molar-refractivity contribution in [1.29, 1.82) is 0 Å². The molecule has 0 radical (unpaired) electrons. The van der Waals surface area contributed by atoms with Crippen LogP contribution in [-0.4, -0.2) is 35.1 Å². The number of furan rings is 1. The maximum absolute atomic E-state index is 12.2. The molecule has 0 unspecified atom stereocenters. The van der Waals surface area contributed by atoms with Crippen LogP contribution in [0.3, 0.4) is 0 Å². The maximum atomic E-state index is 12.2. The molecule has 0 aliphatic rings. The van der Waals surface area contributed by atoms with Crippen molar-refractivity contribution in [3.63, 3.8) is 0 Å². The lowest BCUT2D eigenvalue weighted by Crippen LogP contribution is -2.29. The molecule has 0 aliphatic heterocycles. The van der Waals surface area contributed by atoms with E-state index in [-0.39, 0.29) is 41.8 Å². The number of aliphatic carboxylic acids is 1. The van der Waals surface area contributed by atoms with Crippen LogP contribution >= 0.6 is 23.2 Å². The fraction of sp³-hybridized carbons (Fsp3) is 0.267. The van der Waals surface area contributed by atoms with Crippen molar-refractivity contribution < 1.29 is 23.8 Å². The van der Waals surface area contributed by atoms with Crippen molar-refractivity contribution in [2.24, 2.45) is 0 Å².